The molecule has 2 fully saturated rings. The van der Waals surface area contributed by atoms with E-state index in [1.807, 2.05) is 30.3 Å². The van der Waals surface area contributed by atoms with Gasteiger partial charge in [0, 0.05) is 49.2 Å². The monoisotopic (exact) mass is 1970 g/mol. The maximum absolute atomic E-state index is 15.4. The van der Waals surface area contributed by atoms with Gasteiger partial charge in [-0.2, -0.15) is 0 Å². The predicted molar refractivity (Wildman–Crippen MR) is 515 cm³/mol. The van der Waals surface area contributed by atoms with Crippen molar-refractivity contribution < 1.29 is 116 Å². The topological polar surface area (TPSA) is 680 Å². The minimum absolute atomic E-state index is 0.0230. The molecule has 17 amide bonds. The first kappa shape index (κ1) is 113. The van der Waals surface area contributed by atoms with Crippen LogP contribution in [-0.2, 0) is 110 Å². The maximum atomic E-state index is 15.4. The standard InChI is InChI=1S/C96H135N19O24S/c1-12-52(8)80-96(138)115(11)53(9)83(125)103-66(37-49(2)3)85(127)101-64(35-36-97)84(126)104-68(38-55-21-15-13-16-22-55)88(130)112-79(51(6)7)94(136)109-72(45-116)91(133)110-73(92(134)102-65(82(99)124)42-74(98)118)47-140-48-75(119)111-81(54(10)117)95(137)108-67(40-57-29-33-61(34-30-57)139-46-77(122)123)86(128)106-71(43-76(120)121)87(129)105-70(41-60-44-100-63-26-20-19-25-62(60)63)90(132)113-78(50(4)5)93(135)107-69(89(131)114-80)39-56-27-31-59(32-28-56)58-23-17-14-18-24-58/h14,17-20,23-34,44,49-55,64-73,78-81,100,116-117H,12-13,15-16,21-22,35-43,45-48,97H2,1-11H3,(H2,98,118)(H2,99,124)(H,101,127)(H,102,134)(H,103,125)(H,104,126)(H,105,129)(H,106,128)(H,107,135)(H,108,137)(H,109,136)(H,110,133)(H,111,119)(H,112,130)(H,113,132)(H,114,131)(H,120,121)(H,122,123)/t52?,53-,54?,64-,65+,66+,67-,68-,69-,70-,71-,72-,73-,78-,79-,80-,81-/m0/s1. The minimum atomic E-state index is -2.15. The number of amides is 17. The number of thioether (sulfide) groups is 1. The van der Waals surface area contributed by atoms with Gasteiger partial charge in [-0.3, -0.25) is 86.3 Å². The number of fused-ring (bicyclic) bond motifs is 1. The number of likely N-dealkylation sites (N-methyl/N-ethyl adjacent to an activating group) is 1. The van der Waals surface area contributed by atoms with Crippen LogP contribution in [0.1, 0.15) is 157 Å². The van der Waals surface area contributed by atoms with Gasteiger partial charge in [-0.1, -0.05) is 179 Å². The molecule has 4 aromatic carbocycles. The second kappa shape index (κ2) is 55.2. The molecule has 5 aromatic rings. The van der Waals surface area contributed by atoms with Gasteiger partial charge >= 0.3 is 11.9 Å². The van der Waals surface area contributed by atoms with Gasteiger partial charge in [-0.25, -0.2) is 4.79 Å². The summed E-state index contributed by atoms with van der Waals surface area (Å²) in [6, 6.07) is 3.19. The van der Waals surface area contributed by atoms with Crippen LogP contribution in [0.2, 0.25) is 0 Å². The Balaban J connectivity index is 1.33. The zero-order chi connectivity index (χ0) is 103. The number of H-pyrrole nitrogens is 1. The van der Waals surface area contributed by atoms with Gasteiger partial charge in [0.25, 0.3) is 0 Å². The molecule has 0 radical (unpaired) electrons. The highest BCUT2D eigenvalue weighted by atomic mass is 32.2. The van der Waals surface area contributed by atoms with Crippen molar-refractivity contribution >= 4 is 135 Å². The van der Waals surface area contributed by atoms with E-state index in [4.69, 9.17) is 21.9 Å². The van der Waals surface area contributed by atoms with Crippen LogP contribution in [0, 0.1) is 29.6 Å². The molecule has 44 heteroatoms. The average molecular weight is 1970 g/mol. The number of para-hydroxylation sites is 1. The highest BCUT2D eigenvalue weighted by molar-refractivity contribution is 8.00. The fraction of sp³-hybridized carbons (Fsp3) is 0.531. The van der Waals surface area contributed by atoms with E-state index in [2.05, 4.69) is 79.4 Å². The number of benzene rings is 4. The van der Waals surface area contributed by atoms with Crippen molar-refractivity contribution in [3.63, 3.8) is 0 Å². The number of aliphatic carboxylic acids is 2. The summed E-state index contributed by atoms with van der Waals surface area (Å²) in [6.45, 7) is 13.4. The predicted octanol–water partition coefficient (Wildman–Crippen LogP) is -1.36. The van der Waals surface area contributed by atoms with E-state index in [1.165, 1.54) is 58.3 Å². The van der Waals surface area contributed by atoms with Gasteiger partial charge in [-0.15, -0.1) is 11.8 Å². The summed E-state index contributed by atoms with van der Waals surface area (Å²) in [6.07, 6.45) is 0.168. The van der Waals surface area contributed by atoms with Crippen molar-refractivity contribution in [2.24, 2.45) is 46.8 Å². The van der Waals surface area contributed by atoms with Crippen LogP contribution in [0.25, 0.3) is 22.0 Å². The summed E-state index contributed by atoms with van der Waals surface area (Å²) >= 11 is 0.556. The summed E-state index contributed by atoms with van der Waals surface area (Å²) in [5, 5.41) is 78.3. The average Bonchev–Trinajstić information content (AvgIpc) is 1.65. The zero-order valence-corrected chi connectivity index (χ0v) is 81.3. The number of carbonyl (C=O) groups excluding carboxylic acids is 17. The van der Waals surface area contributed by atoms with Crippen molar-refractivity contribution in [3.05, 3.63) is 126 Å². The third-order valence-electron chi connectivity index (χ3n) is 24.3. The number of ether oxygens (including phenoxy) is 1. The number of nitrogens with one attached hydrogen (secondary N) is 15. The maximum Gasteiger partial charge on any atom is 0.341 e. The van der Waals surface area contributed by atoms with Gasteiger partial charge in [0.2, 0.25) is 100 Å². The Bertz CT molecular complexity index is 5150. The third kappa shape index (κ3) is 35.1. The molecule has 1 aliphatic carbocycles. The molecule has 17 atom stereocenters. The lowest BCUT2D eigenvalue weighted by molar-refractivity contribution is -0.143. The highest BCUT2D eigenvalue weighted by Gasteiger charge is 2.43. The first-order chi connectivity index (χ1) is 66.3. The van der Waals surface area contributed by atoms with E-state index in [9.17, 15) is 82.8 Å². The van der Waals surface area contributed by atoms with Crippen LogP contribution in [0.4, 0.5) is 0 Å². The number of primary amides is 2. The molecule has 1 saturated carbocycles. The molecule has 2 aliphatic rings. The van der Waals surface area contributed by atoms with Crippen LogP contribution in [0.5, 0.6) is 5.75 Å². The molecule has 1 saturated heterocycles. The number of carboxylic acids is 2. The minimum Gasteiger partial charge on any atom is -0.482 e. The number of hydrogen-bond donors (Lipinski definition) is 22. The second-order valence-corrected chi connectivity index (χ2v) is 37.6. The first-order valence-corrected chi connectivity index (χ1v) is 48.0. The lowest BCUT2D eigenvalue weighted by Crippen LogP contribution is -2.62. The zero-order valence-electron chi connectivity index (χ0n) is 80.5. The number of aromatic amines is 1. The summed E-state index contributed by atoms with van der Waals surface area (Å²) in [5.74, 6) is -25.5. The lowest BCUT2D eigenvalue weighted by Gasteiger charge is -2.33. The number of rotatable bonds is 29. The van der Waals surface area contributed by atoms with E-state index in [0.29, 0.717) is 46.6 Å². The van der Waals surface area contributed by atoms with E-state index in [1.54, 1.807) is 90.1 Å². The molecule has 0 spiro atoms. The summed E-state index contributed by atoms with van der Waals surface area (Å²) in [4.78, 5) is 276. The normalized spacial score (nSPS) is 24.2. The molecular formula is C96H135N19O24S. The third-order valence-corrected chi connectivity index (χ3v) is 25.3. The Morgan fingerprint density at radius 1 is 0.521 bits per heavy atom. The molecule has 2 unspecified atom stereocenters. The number of aliphatic hydroxyl groups excluding tert-OH is 2. The molecular weight excluding hydrogens is 1840 g/mol. The smallest absolute Gasteiger partial charge is 0.341 e. The number of hydrogen-bond acceptors (Lipinski definition) is 24. The molecule has 2 heterocycles. The van der Waals surface area contributed by atoms with Crippen molar-refractivity contribution in [2.45, 2.75) is 256 Å². The van der Waals surface area contributed by atoms with Crippen LogP contribution >= 0.6 is 11.8 Å². The molecule has 0 bridgehead atoms. The molecule has 43 nitrogen and oxygen atoms in total. The van der Waals surface area contributed by atoms with Crippen LogP contribution in [-0.4, -0.2) is 278 Å². The van der Waals surface area contributed by atoms with Crippen LogP contribution < -0.4 is 96.4 Å². The number of carbonyl (C=O) groups is 19. The SMILES string of the molecule is CCC(C)[C@@H]1NC(=O)[C@H](Cc2ccc(-c3ccccc3)cc2)NC(=O)[C@H](C(C)C)NC(=O)[C@H](Cc2c[nH]c3ccccc23)NC(=O)[C@H](CC(=O)O)NC(=O)[C@H](Cc2ccc(OCC(=O)O)cc2)NC(=O)[C@H](C(C)O)NC(=O)CSC[C@@H](C(=O)N[C@H](CC(N)=O)C(N)=O)NC(=O)[C@H](CO)NC(=O)[C@H](C(C)C)NC(=O)[C@H](CC2CCCCC2)NC(=O)[C@H](CCN)NC(=O)[C@@H](CC(C)C)NC(=O)[C@H](C)N(C)C1=O. The van der Waals surface area contributed by atoms with Crippen LogP contribution in [0.3, 0.4) is 0 Å². The molecule has 140 heavy (non-hydrogen) atoms. The van der Waals surface area contributed by atoms with Crippen molar-refractivity contribution in [1.29, 1.82) is 0 Å². The Hall–Kier alpha value is -13.6. The number of nitrogens with zero attached hydrogens (tertiary/aromatic N) is 1. The summed E-state index contributed by atoms with van der Waals surface area (Å²) in [7, 11) is 1.31. The first-order valence-electron chi connectivity index (χ1n) is 46.8. The number of aliphatic hydroxyl groups is 2. The molecule has 764 valence electrons. The Morgan fingerprint density at radius 2 is 1.00 bits per heavy atom. The Kier molecular flexibility index (Phi) is 44.7. The number of nitrogens with two attached hydrogens (primary N) is 3. The number of carboxylic acid groups (broad SMARTS) is 2. The quantitative estimate of drug-likeness (QED) is 0.0263. The molecule has 25 N–H and O–H groups in total. The van der Waals surface area contributed by atoms with Crippen molar-refractivity contribution in [1.82, 2.24) is 84.3 Å². The van der Waals surface area contributed by atoms with E-state index in [-0.39, 0.29) is 61.8 Å². The lowest BCUT2D eigenvalue weighted by atomic mass is 9.84. The van der Waals surface area contributed by atoms with Crippen molar-refractivity contribution in [2.75, 3.05) is 38.3 Å². The van der Waals surface area contributed by atoms with Crippen molar-refractivity contribution in [3.8, 4) is 16.9 Å². The molecule has 7 rings (SSSR count). The van der Waals surface area contributed by atoms with E-state index in [0.717, 1.165) is 42.2 Å². The van der Waals surface area contributed by atoms with Crippen LogP contribution in [0.15, 0.2) is 109 Å². The fourth-order valence-electron chi connectivity index (χ4n) is 16.0. The largest absolute Gasteiger partial charge is 0.482 e. The van der Waals surface area contributed by atoms with Gasteiger partial charge in [0.05, 0.1) is 31.3 Å². The molecule has 1 aromatic heterocycles. The van der Waals surface area contributed by atoms with Gasteiger partial charge in [-0.05, 0) is 115 Å². The van der Waals surface area contributed by atoms with E-state index >= 15 is 28.8 Å². The highest BCUT2D eigenvalue weighted by Crippen LogP contribution is 2.29. The summed E-state index contributed by atoms with van der Waals surface area (Å²) < 4.78 is 5.28. The molecule has 1 aliphatic heterocycles. The van der Waals surface area contributed by atoms with Gasteiger partial charge in [0.1, 0.15) is 96.4 Å². The second-order valence-electron chi connectivity index (χ2n) is 36.5. The fourth-order valence-corrected chi connectivity index (χ4v) is 16.8. The Labute approximate surface area is 815 Å². The number of aromatic nitrogens is 1. The van der Waals surface area contributed by atoms with Gasteiger partial charge < -0.3 is 127 Å². The van der Waals surface area contributed by atoms with E-state index < -0.39 is 277 Å². The Morgan fingerprint density at radius 3 is 1.54 bits per heavy atom. The summed E-state index contributed by atoms with van der Waals surface area (Å²) in [5.41, 5.74) is 20.3. The van der Waals surface area contributed by atoms with Gasteiger partial charge in [0.15, 0.2) is 6.61 Å².